The van der Waals surface area contributed by atoms with Gasteiger partial charge in [-0.15, -0.1) is 0 Å². The predicted molar refractivity (Wildman–Crippen MR) is 103 cm³/mol. The number of hydrogen-bond acceptors (Lipinski definition) is 4. The second-order valence-corrected chi connectivity index (χ2v) is 7.49. The molecule has 8 nitrogen and oxygen atoms in total. The minimum absolute atomic E-state index is 0.284. The van der Waals surface area contributed by atoms with Gasteiger partial charge in [0.15, 0.2) is 0 Å². The van der Waals surface area contributed by atoms with Crippen molar-refractivity contribution >= 4 is 23.5 Å². The molecule has 1 aromatic heterocycles. The highest BCUT2D eigenvalue weighted by atomic mass is 16.2. The van der Waals surface area contributed by atoms with Crippen LogP contribution in [0, 0.1) is 13.8 Å². The number of aromatic nitrogens is 2. The fourth-order valence-electron chi connectivity index (χ4n) is 3.95. The van der Waals surface area contributed by atoms with Crippen molar-refractivity contribution in [2.75, 3.05) is 11.9 Å². The molecule has 1 aromatic carbocycles. The molecule has 1 saturated carbocycles. The molecule has 0 bridgehead atoms. The number of urea groups is 1. The number of carbonyl (C=O) groups is 3. The lowest BCUT2D eigenvalue weighted by atomic mass is 9.98. The van der Waals surface area contributed by atoms with E-state index in [9.17, 15) is 14.4 Å². The fourth-order valence-corrected chi connectivity index (χ4v) is 3.95. The second kappa shape index (κ2) is 6.78. The molecule has 0 radical (unpaired) electrons. The summed E-state index contributed by atoms with van der Waals surface area (Å²) in [5.41, 5.74) is 2.76. The molecular formula is C20H23N5O3. The minimum atomic E-state index is -0.792. The van der Waals surface area contributed by atoms with E-state index >= 15 is 0 Å². The summed E-state index contributed by atoms with van der Waals surface area (Å²) in [5, 5.41) is 5.53. The van der Waals surface area contributed by atoms with Gasteiger partial charge < -0.3 is 15.2 Å². The Morgan fingerprint density at radius 2 is 1.86 bits per heavy atom. The molecular weight excluding hydrogens is 358 g/mol. The topological polar surface area (TPSA) is 96.3 Å². The highest BCUT2D eigenvalue weighted by Crippen LogP contribution is 2.34. The van der Waals surface area contributed by atoms with Crippen LogP contribution in [0.2, 0.25) is 0 Å². The Labute approximate surface area is 162 Å². The SMILES string of the molecule is Cc1ncn(-c2ccc(NC(=O)CN3C(=O)NC4(CCCC4)C3=O)cc2)c1C. The van der Waals surface area contributed by atoms with Crippen LogP contribution in [-0.2, 0) is 9.59 Å². The first-order valence-corrected chi connectivity index (χ1v) is 9.45. The molecule has 4 rings (SSSR count). The van der Waals surface area contributed by atoms with Gasteiger partial charge >= 0.3 is 6.03 Å². The molecule has 0 atom stereocenters. The maximum Gasteiger partial charge on any atom is 0.325 e. The van der Waals surface area contributed by atoms with Crippen molar-refractivity contribution in [2.45, 2.75) is 45.1 Å². The lowest BCUT2D eigenvalue weighted by Crippen LogP contribution is -2.44. The zero-order valence-corrected chi connectivity index (χ0v) is 16.0. The fraction of sp³-hybridized carbons (Fsp3) is 0.400. The zero-order valence-electron chi connectivity index (χ0n) is 16.0. The Balaban J connectivity index is 1.41. The van der Waals surface area contributed by atoms with Crippen molar-refractivity contribution in [3.8, 4) is 5.69 Å². The number of anilines is 1. The number of aryl methyl sites for hydroxylation is 1. The average molecular weight is 381 g/mol. The lowest BCUT2D eigenvalue weighted by Gasteiger charge is -2.19. The van der Waals surface area contributed by atoms with E-state index < -0.39 is 17.5 Å². The highest BCUT2D eigenvalue weighted by Gasteiger charge is 2.52. The first kappa shape index (κ1) is 18.2. The average Bonchev–Trinajstić information content (AvgIpc) is 3.33. The van der Waals surface area contributed by atoms with Crippen LogP contribution in [-0.4, -0.2) is 44.4 Å². The van der Waals surface area contributed by atoms with Crippen LogP contribution in [0.3, 0.4) is 0 Å². The van der Waals surface area contributed by atoms with Crippen LogP contribution in [0.4, 0.5) is 10.5 Å². The maximum atomic E-state index is 12.6. The van der Waals surface area contributed by atoms with Gasteiger partial charge in [-0.3, -0.25) is 14.5 Å². The van der Waals surface area contributed by atoms with Crippen LogP contribution in [0.15, 0.2) is 30.6 Å². The predicted octanol–water partition coefficient (Wildman–Crippen LogP) is 2.29. The third-order valence-electron chi connectivity index (χ3n) is 5.69. The smallest absolute Gasteiger partial charge is 0.325 e. The number of imide groups is 1. The Bertz CT molecular complexity index is 941. The van der Waals surface area contributed by atoms with Crippen LogP contribution in [0.1, 0.15) is 37.1 Å². The number of hydrogen-bond donors (Lipinski definition) is 2. The lowest BCUT2D eigenvalue weighted by molar-refractivity contribution is -0.133. The van der Waals surface area contributed by atoms with Crippen LogP contribution < -0.4 is 10.6 Å². The summed E-state index contributed by atoms with van der Waals surface area (Å²) in [6, 6.07) is 6.84. The number of carbonyl (C=O) groups excluding carboxylic acids is 3. The molecule has 8 heteroatoms. The quantitative estimate of drug-likeness (QED) is 0.794. The van der Waals surface area contributed by atoms with Gasteiger partial charge in [-0.05, 0) is 51.0 Å². The van der Waals surface area contributed by atoms with Crippen LogP contribution >= 0.6 is 0 Å². The van der Waals surface area contributed by atoms with Crippen molar-refractivity contribution in [3.05, 3.63) is 42.0 Å². The van der Waals surface area contributed by atoms with E-state index in [1.165, 1.54) is 0 Å². The number of imidazole rings is 1. The van der Waals surface area contributed by atoms with Gasteiger partial charge in [0, 0.05) is 17.1 Å². The first-order valence-electron chi connectivity index (χ1n) is 9.45. The zero-order chi connectivity index (χ0) is 19.9. The van der Waals surface area contributed by atoms with E-state index in [1.807, 2.05) is 30.5 Å². The summed E-state index contributed by atoms with van der Waals surface area (Å²) in [4.78, 5) is 42.5. The molecule has 28 heavy (non-hydrogen) atoms. The van der Waals surface area contributed by atoms with Crippen molar-refractivity contribution in [1.82, 2.24) is 19.8 Å². The number of amides is 4. The number of nitrogens with zero attached hydrogens (tertiary/aromatic N) is 3. The second-order valence-electron chi connectivity index (χ2n) is 7.49. The van der Waals surface area contributed by atoms with Crippen LogP contribution in [0.5, 0.6) is 0 Å². The minimum Gasteiger partial charge on any atom is -0.325 e. The summed E-state index contributed by atoms with van der Waals surface area (Å²) in [7, 11) is 0. The normalized spacial score (nSPS) is 18.0. The van der Waals surface area contributed by atoms with Gasteiger partial charge in [0.1, 0.15) is 12.1 Å². The Kier molecular flexibility index (Phi) is 4.41. The van der Waals surface area contributed by atoms with Gasteiger partial charge in [0.05, 0.1) is 12.0 Å². The number of rotatable bonds is 4. The van der Waals surface area contributed by atoms with E-state index in [0.29, 0.717) is 18.5 Å². The van der Waals surface area contributed by atoms with Crippen molar-refractivity contribution < 1.29 is 14.4 Å². The Hall–Kier alpha value is -3.16. The molecule has 1 saturated heterocycles. The molecule has 1 aliphatic heterocycles. The third kappa shape index (κ3) is 3.04. The van der Waals surface area contributed by atoms with Gasteiger partial charge in [0.2, 0.25) is 5.91 Å². The van der Waals surface area contributed by atoms with Gasteiger partial charge in [-0.1, -0.05) is 12.8 Å². The van der Waals surface area contributed by atoms with E-state index in [2.05, 4.69) is 15.6 Å². The van der Waals surface area contributed by atoms with Gasteiger partial charge in [-0.2, -0.15) is 0 Å². The first-order chi connectivity index (χ1) is 13.4. The summed E-state index contributed by atoms with van der Waals surface area (Å²) >= 11 is 0. The van der Waals surface area contributed by atoms with Gasteiger partial charge in [0.25, 0.3) is 5.91 Å². The molecule has 2 fully saturated rings. The summed E-state index contributed by atoms with van der Waals surface area (Å²) in [6.45, 7) is 3.66. The van der Waals surface area contributed by atoms with E-state index in [1.54, 1.807) is 18.5 Å². The van der Waals surface area contributed by atoms with E-state index in [0.717, 1.165) is 34.8 Å². The summed E-state index contributed by atoms with van der Waals surface area (Å²) in [5.74, 6) is -0.688. The molecule has 146 valence electrons. The Morgan fingerprint density at radius 1 is 1.18 bits per heavy atom. The van der Waals surface area contributed by atoms with Crippen molar-refractivity contribution in [2.24, 2.45) is 0 Å². The standard InChI is InChI=1S/C20H23N5O3/c1-13-14(2)25(12-21-13)16-7-5-15(6-8-16)22-17(26)11-24-18(27)20(23-19(24)28)9-3-4-10-20/h5-8,12H,3-4,9-11H2,1-2H3,(H,22,26)(H,23,28). The molecule has 2 aliphatic rings. The van der Waals surface area contributed by atoms with Crippen molar-refractivity contribution in [3.63, 3.8) is 0 Å². The largest absolute Gasteiger partial charge is 0.325 e. The number of benzene rings is 1. The molecule has 1 spiro atoms. The molecule has 0 unspecified atom stereocenters. The number of nitrogens with one attached hydrogen (secondary N) is 2. The molecule has 2 N–H and O–H groups in total. The molecule has 2 heterocycles. The van der Waals surface area contributed by atoms with Crippen LogP contribution in [0.25, 0.3) is 5.69 Å². The maximum absolute atomic E-state index is 12.6. The third-order valence-corrected chi connectivity index (χ3v) is 5.69. The van der Waals surface area contributed by atoms with E-state index in [-0.39, 0.29) is 12.5 Å². The molecule has 2 aromatic rings. The highest BCUT2D eigenvalue weighted by molar-refractivity contribution is 6.10. The summed E-state index contributed by atoms with van der Waals surface area (Å²) in [6.07, 6.45) is 4.87. The Morgan fingerprint density at radius 3 is 2.46 bits per heavy atom. The molecule has 4 amide bonds. The van der Waals surface area contributed by atoms with Gasteiger partial charge in [-0.25, -0.2) is 9.78 Å². The molecule has 1 aliphatic carbocycles. The van der Waals surface area contributed by atoms with E-state index in [4.69, 9.17) is 0 Å². The monoisotopic (exact) mass is 381 g/mol. The van der Waals surface area contributed by atoms with Crippen molar-refractivity contribution in [1.29, 1.82) is 0 Å². The summed E-state index contributed by atoms with van der Waals surface area (Å²) < 4.78 is 1.97.